The third-order valence-corrected chi connectivity index (χ3v) is 6.35. The fraction of sp³-hybridized carbons (Fsp3) is 0.562. The van der Waals surface area contributed by atoms with Gasteiger partial charge in [0.1, 0.15) is 5.82 Å². The van der Waals surface area contributed by atoms with E-state index in [4.69, 9.17) is 0 Å². The van der Waals surface area contributed by atoms with Gasteiger partial charge in [-0.2, -0.15) is 0 Å². The van der Waals surface area contributed by atoms with Gasteiger partial charge in [0.2, 0.25) is 15.9 Å². The van der Waals surface area contributed by atoms with E-state index in [1.165, 1.54) is 4.31 Å². The third kappa shape index (κ3) is 4.98. The molecule has 1 fully saturated rings. The number of nitro benzene ring substituents is 1. The average Bonchev–Trinajstić information content (AvgIpc) is 2.61. The Balaban J connectivity index is 1.97. The fourth-order valence-electron chi connectivity index (χ4n) is 2.81. The molecule has 1 aliphatic rings. The normalized spacial score (nSPS) is 16.4. The molecule has 0 bridgehead atoms. The number of hydrogen-bond acceptors (Lipinski definition) is 5. The number of piperidine rings is 1. The van der Waals surface area contributed by atoms with E-state index in [-0.39, 0.29) is 30.2 Å². The number of anilines is 1. The van der Waals surface area contributed by atoms with Crippen LogP contribution in [0.5, 0.6) is 0 Å². The first-order valence-corrected chi connectivity index (χ1v) is 10.1. The number of sulfonamides is 1. The molecule has 0 radical (unpaired) electrons. The van der Waals surface area contributed by atoms with E-state index in [0.29, 0.717) is 19.3 Å². The Labute approximate surface area is 151 Å². The number of benzene rings is 1. The van der Waals surface area contributed by atoms with E-state index in [0.717, 1.165) is 24.6 Å². The number of carbonyl (C=O) groups is 1. The largest absolute Gasteiger partial charge is 0.323 e. The fourth-order valence-corrected chi connectivity index (χ4v) is 4.49. The zero-order valence-electron chi connectivity index (χ0n) is 14.5. The average molecular weight is 387 g/mol. The Hall–Kier alpha value is -2.07. The molecule has 1 saturated heterocycles. The lowest BCUT2D eigenvalue weighted by Gasteiger charge is -2.30. The van der Waals surface area contributed by atoms with Crippen molar-refractivity contribution in [3.63, 3.8) is 0 Å². The van der Waals surface area contributed by atoms with Crippen molar-refractivity contribution < 1.29 is 22.5 Å². The maximum absolute atomic E-state index is 13.8. The maximum atomic E-state index is 13.8. The molecule has 1 heterocycles. The summed E-state index contributed by atoms with van der Waals surface area (Å²) >= 11 is 0. The zero-order chi connectivity index (χ0) is 19.3. The second kappa shape index (κ2) is 8.54. The van der Waals surface area contributed by atoms with Crippen LogP contribution in [0.4, 0.5) is 15.8 Å². The number of nitro groups is 1. The van der Waals surface area contributed by atoms with Crippen molar-refractivity contribution in [3.8, 4) is 0 Å². The van der Waals surface area contributed by atoms with E-state index in [1.54, 1.807) is 0 Å². The molecule has 0 saturated carbocycles. The molecule has 0 spiro atoms. The van der Waals surface area contributed by atoms with Gasteiger partial charge in [-0.05, 0) is 25.3 Å². The summed E-state index contributed by atoms with van der Waals surface area (Å²) in [7, 11) is -3.31. The molecule has 1 amide bonds. The number of nitrogens with one attached hydrogen (secondary N) is 1. The van der Waals surface area contributed by atoms with Gasteiger partial charge < -0.3 is 5.32 Å². The van der Waals surface area contributed by atoms with Crippen LogP contribution in [0.15, 0.2) is 18.2 Å². The van der Waals surface area contributed by atoms with E-state index in [1.807, 2.05) is 6.92 Å². The van der Waals surface area contributed by atoms with Gasteiger partial charge in [0.25, 0.3) is 5.69 Å². The molecule has 8 nitrogen and oxygen atoms in total. The summed E-state index contributed by atoms with van der Waals surface area (Å²) in [4.78, 5) is 22.4. The van der Waals surface area contributed by atoms with Crippen LogP contribution < -0.4 is 5.32 Å². The number of rotatable bonds is 7. The van der Waals surface area contributed by atoms with Crippen molar-refractivity contribution in [2.24, 2.45) is 5.92 Å². The highest BCUT2D eigenvalue weighted by molar-refractivity contribution is 7.89. The standard InChI is InChI=1S/C16H22FN3O5S/c1-2-3-10-26(24,25)19-8-6-12(7-9-19)16(21)18-15-11-13(20(22)23)4-5-14(15)17/h4-5,11-12H,2-3,6-10H2,1H3,(H,18,21). The predicted octanol–water partition coefficient (Wildman–Crippen LogP) is 2.51. The molecule has 1 aromatic carbocycles. The molecule has 0 aromatic heterocycles. The van der Waals surface area contributed by atoms with Gasteiger partial charge >= 0.3 is 0 Å². The minimum atomic E-state index is -3.31. The van der Waals surface area contributed by atoms with Crippen LogP contribution >= 0.6 is 0 Å². The molecule has 10 heteroatoms. The Morgan fingerprint density at radius 2 is 2.04 bits per heavy atom. The summed E-state index contributed by atoms with van der Waals surface area (Å²) in [6, 6.07) is 2.92. The summed E-state index contributed by atoms with van der Waals surface area (Å²) in [6.45, 7) is 2.39. The molecule has 0 atom stereocenters. The molecular formula is C16H22FN3O5S. The van der Waals surface area contributed by atoms with Gasteiger partial charge in [-0.15, -0.1) is 0 Å². The molecule has 1 aliphatic heterocycles. The van der Waals surface area contributed by atoms with Crippen LogP contribution in [0.3, 0.4) is 0 Å². The van der Waals surface area contributed by atoms with Gasteiger partial charge in [0.05, 0.1) is 16.4 Å². The Morgan fingerprint density at radius 3 is 2.62 bits per heavy atom. The highest BCUT2D eigenvalue weighted by Gasteiger charge is 2.31. The van der Waals surface area contributed by atoms with Crippen molar-refractivity contribution in [3.05, 3.63) is 34.1 Å². The molecule has 144 valence electrons. The Bertz CT molecular complexity index is 776. The number of hydrogen-bond donors (Lipinski definition) is 1. The molecule has 0 unspecified atom stereocenters. The van der Waals surface area contributed by atoms with E-state index < -0.39 is 32.6 Å². The molecule has 0 aliphatic carbocycles. The second-order valence-electron chi connectivity index (χ2n) is 6.25. The molecule has 2 rings (SSSR count). The van der Waals surface area contributed by atoms with E-state index in [9.17, 15) is 27.7 Å². The lowest BCUT2D eigenvalue weighted by molar-refractivity contribution is -0.384. The van der Waals surface area contributed by atoms with Gasteiger partial charge in [0.15, 0.2) is 0 Å². The van der Waals surface area contributed by atoms with Crippen molar-refractivity contribution in [2.45, 2.75) is 32.6 Å². The first-order valence-electron chi connectivity index (χ1n) is 8.47. The highest BCUT2D eigenvalue weighted by Crippen LogP contribution is 2.25. The topological polar surface area (TPSA) is 110 Å². The number of non-ortho nitro benzene ring substituents is 1. The third-order valence-electron chi connectivity index (χ3n) is 4.39. The maximum Gasteiger partial charge on any atom is 0.271 e. The van der Waals surface area contributed by atoms with Crippen LogP contribution in [0.25, 0.3) is 0 Å². The first kappa shape index (κ1) is 20.2. The van der Waals surface area contributed by atoms with Crippen LogP contribution in [-0.2, 0) is 14.8 Å². The monoisotopic (exact) mass is 387 g/mol. The molecule has 1 N–H and O–H groups in total. The van der Waals surface area contributed by atoms with E-state index >= 15 is 0 Å². The summed E-state index contributed by atoms with van der Waals surface area (Å²) < 4.78 is 39.5. The number of carbonyl (C=O) groups excluding carboxylic acids is 1. The molecular weight excluding hydrogens is 365 g/mol. The minimum absolute atomic E-state index is 0.0965. The Kier molecular flexibility index (Phi) is 6.65. The quantitative estimate of drug-likeness (QED) is 0.571. The number of unbranched alkanes of at least 4 members (excludes halogenated alkanes) is 1. The zero-order valence-corrected chi connectivity index (χ0v) is 15.3. The van der Waals surface area contributed by atoms with Gasteiger partial charge in [0, 0.05) is 31.1 Å². The SMILES string of the molecule is CCCCS(=O)(=O)N1CCC(C(=O)Nc2cc([N+](=O)[O-])ccc2F)CC1. The van der Waals surface area contributed by atoms with Gasteiger partial charge in [-0.3, -0.25) is 14.9 Å². The van der Waals surface area contributed by atoms with Crippen molar-refractivity contribution in [1.82, 2.24) is 4.31 Å². The minimum Gasteiger partial charge on any atom is -0.323 e. The second-order valence-corrected chi connectivity index (χ2v) is 8.34. The molecule has 26 heavy (non-hydrogen) atoms. The van der Waals surface area contributed by atoms with Gasteiger partial charge in [-0.25, -0.2) is 17.1 Å². The first-order chi connectivity index (χ1) is 12.2. The summed E-state index contributed by atoms with van der Waals surface area (Å²) in [5.74, 6) is -1.59. The van der Waals surface area contributed by atoms with E-state index in [2.05, 4.69) is 5.32 Å². The van der Waals surface area contributed by atoms with Crippen molar-refractivity contribution >= 4 is 27.3 Å². The van der Waals surface area contributed by atoms with Gasteiger partial charge in [-0.1, -0.05) is 13.3 Å². The van der Waals surface area contributed by atoms with Crippen molar-refractivity contribution in [1.29, 1.82) is 0 Å². The number of nitrogens with zero attached hydrogens (tertiary/aromatic N) is 2. The lowest BCUT2D eigenvalue weighted by atomic mass is 9.97. The predicted molar refractivity (Wildman–Crippen MR) is 94.7 cm³/mol. The summed E-state index contributed by atoms with van der Waals surface area (Å²) in [5, 5.41) is 13.1. The summed E-state index contributed by atoms with van der Waals surface area (Å²) in [5.41, 5.74) is -0.569. The summed E-state index contributed by atoms with van der Waals surface area (Å²) in [6.07, 6.45) is 2.03. The number of amides is 1. The van der Waals surface area contributed by atoms with Crippen LogP contribution in [0.1, 0.15) is 32.6 Å². The lowest BCUT2D eigenvalue weighted by Crippen LogP contribution is -2.42. The smallest absolute Gasteiger partial charge is 0.271 e. The number of halogens is 1. The highest BCUT2D eigenvalue weighted by atomic mass is 32.2. The van der Waals surface area contributed by atoms with Crippen molar-refractivity contribution in [2.75, 3.05) is 24.2 Å². The van der Waals surface area contributed by atoms with Crippen LogP contribution in [0, 0.1) is 21.8 Å². The van der Waals surface area contributed by atoms with Crippen LogP contribution in [-0.4, -0.2) is 42.4 Å². The molecule has 1 aromatic rings. The Morgan fingerprint density at radius 1 is 1.38 bits per heavy atom. The van der Waals surface area contributed by atoms with Crippen LogP contribution in [0.2, 0.25) is 0 Å².